The van der Waals surface area contributed by atoms with E-state index < -0.39 is 21.9 Å². The summed E-state index contributed by atoms with van der Waals surface area (Å²) in [6.45, 7) is 7.13. The van der Waals surface area contributed by atoms with Crippen molar-refractivity contribution in [2.75, 3.05) is 17.6 Å². The van der Waals surface area contributed by atoms with Crippen LogP contribution in [0.1, 0.15) is 37.4 Å². The van der Waals surface area contributed by atoms with Gasteiger partial charge in [-0.2, -0.15) is 0 Å². The average molecular weight is 487 g/mol. The van der Waals surface area contributed by atoms with E-state index in [1.165, 1.54) is 43.5 Å². The van der Waals surface area contributed by atoms with Gasteiger partial charge in [-0.1, -0.05) is 20.0 Å². The molecule has 7 nitrogen and oxygen atoms in total. The first-order valence-corrected chi connectivity index (χ1v) is 11.1. The average Bonchev–Trinajstić information content (AvgIpc) is 2.64. The number of aromatic nitrogens is 2. The SMILES string of the molecule is [CH2-][C@H](O)CC(=O)/C=C/c1c(-c2ccc(F)cc2)nc(N(C)S(C)(=O)=O)nc1C(C)C.[Cr]. The zero-order chi connectivity index (χ0) is 22.6. The van der Waals surface area contributed by atoms with Crippen molar-refractivity contribution in [1.82, 2.24) is 9.97 Å². The van der Waals surface area contributed by atoms with Crippen LogP contribution < -0.4 is 4.31 Å². The number of aliphatic hydroxyl groups excluding tert-OH is 1. The van der Waals surface area contributed by atoms with Crippen LogP contribution in [0.4, 0.5) is 10.3 Å². The Morgan fingerprint density at radius 1 is 1.26 bits per heavy atom. The van der Waals surface area contributed by atoms with Gasteiger partial charge in [-0.05, 0) is 42.3 Å². The van der Waals surface area contributed by atoms with Crippen LogP contribution >= 0.6 is 0 Å². The van der Waals surface area contributed by atoms with Crippen LogP contribution in [-0.2, 0) is 32.2 Å². The number of benzene rings is 1. The minimum absolute atomic E-state index is 0. The van der Waals surface area contributed by atoms with E-state index in [1.54, 1.807) is 0 Å². The smallest absolute Gasteiger partial charge is 0.239 e. The Morgan fingerprint density at radius 3 is 2.32 bits per heavy atom. The second-order valence-electron chi connectivity index (χ2n) is 7.22. The maximum Gasteiger partial charge on any atom is 0.239 e. The summed E-state index contributed by atoms with van der Waals surface area (Å²) in [6.07, 6.45) is 2.70. The predicted octanol–water partition coefficient (Wildman–Crippen LogP) is 2.97. The zero-order valence-corrected chi connectivity index (χ0v) is 19.8. The third-order valence-electron chi connectivity index (χ3n) is 4.28. The molecule has 0 unspecified atom stereocenters. The molecule has 0 bridgehead atoms. The van der Waals surface area contributed by atoms with Gasteiger partial charge in [0.25, 0.3) is 0 Å². The van der Waals surface area contributed by atoms with Crippen molar-refractivity contribution in [3.05, 3.63) is 54.3 Å². The van der Waals surface area contributed by atoms with Gasteiger partial charge in [0.15, 0.2) is 5.78 Å². The van der Waals surface area contributed by atoms with E-state index in [-0.39, 0.29) is 41.4 Å². The number of anilines is 1. The second-order valence-corrected chi connectivity index (χ2v) is 9.23. The number of rotatable bonds is 8. The van der Waals surface area contributed by atoms with Crippen LogP contribution in [0.3, 0.4) is 0 Å². The number of allylic oxidation sites excluding steroid dienone is 1. The Bertz CT molecular complexity index is 1060. The largest absolute Gasteiger partial charge is 0.425 e. The van der Waals surface area contributed by atoms with E-state index >= 15 is 0 Å². The Kier molecular flexibility index (Phi) is 9.51. The van der Waals surface area contributed by atoms with E-state index in [4.69, 9.17) is 0 Å². The maximum absolute atomic E-state index is 13.4. The number of halogens is 1. The summed E-state index contributed by atoms with van der Waals surface area (Å²) in [6, 6.07) is 5.57. The minimum Gasteiger partial charge on any atom is -0.425 e. The first kappa shape index (κ1) is 26.9. The van der Waals surface area contributed by atoms with E-state index in [0.29, 0.717) is 22.5 Å². The molecular formula is C21H25CrFN3O4S-. The number of aliphatic hydroxyl groups is 1. The van der Waals surface area contributed by atoms with Crippen molar-refractivity contribution in [1.29, 1.82) is 0 Å². The molecule has 1 atom stereocenters. The summed E-state index contributed by atoms with van der Waals surface area (Å²) < 4.78 is 38.4. The van der Waals surface area contributed by atoms with Gasteiger partial charge < -0.3 is 12.0 Å². The van der Waals surface area contributed by atoms with Crippen LogP contribution in [-0.4, -0.2) is 48.7 Å². The fourth-order valence-electron chi connectivity index (χ4n) is 2.67. The number of hydrogen-bond donors (Lipinski definition) is 1. The molecular weight excluding hydrogens is 461 g/mol. The summed E-state index contributed by atoms with van der Waals surface area (Å²) in [4.78, 5) is 20.9. The minimum atomic E-state index is -3.61. The van der Waals surface area contributed by atoms with Crippen molar-refractivity contribution in [3.63, 3.8) is 0 Å². The van der Waals surface area contributed by atoms with E-state index in [9.17, 15) is 22.7 Å². The molecule has 1 aromatic heterocycles. The molecule has 168 valence electrons. The van der Waals surface area contributed by atoms with Gasteiger partial charge in [0, 0.05) is 42.0 Å². The Labute approximate surface area is 193 Å². The van der Waals surface area contributed by atoms with Crippen LogP contribution in [0, 0.1) is 12.7 Å². The first-order valence-electron chi connectivity index (χ1n) is 9.24. The molecule has 0 amide bonds. The molecule has 10 heteroatoms. The number of hydrogen-bond acceptors (Lipinski definition) is 6. The number of carbonyl (C=O) groups is 1. The molecule has 1 N–H and O–H groups in total. The third-order valence-corrected chi connectivity index (χ3v) is 5.44. The summed E-state index contributed by atoms with van der Waals surface area (Å²) in [5.41, 5.74) is 1.93. The summed E-state index contributed by atoms with van der Waals surface area (Å²) in [7, 11) is -2.27. The van der Waals surface area contributed by atoms with E-state index in [0.717, 1.165) is 10.6 Å². The van der Waals surface area contributed by atoms with Crippen molar-refractivity contribution in [2.45, 2.75) is 32.3 Å². The number of sulfonamides is 1. The molecule has 0 fully saturated rings. The first-order chi connectivity index (χ1) is 13.9. The monoisotopic (exact) mass is 486 g/mol. The van der Waals surface area contributed by atoms with Crippen LogP contribution in [0.15, 0.2) is 30.3 Å². The molecule has 0 spiro atoms. The topological polar surface area (TPSA) is 100 Å². The van der Waals surface area contributed by atoms with Crippen LogP contribution in [0.25, 0.3) is 17.3 Å². The van der Waals surface area contributed by atoms with Gasteiger partial charge in [-0.25, -0.2) is 27.1 Å². The van der Waals surface area contributed by atoms with Gasteiger partial charge in [-0.3, -0.25) is 4.79 Å². The molecule has 0 saturated heterocycles. The fourth-order valence-corrected chi connectivity index (χ4v) is 3.05. The molecule has 0 radical (unpaired) electrons. The standard InChI is InChI=1S/C21H25FN3O4S.Cr/c1-13(2)19-18(11-10-17(27)12-14(3)26)20(15-6-8-16(22)9-7-15)24-21(23-19)25(4)30(5,28)29;/h6-11,13-14,26H,3,12H2,1-2,4-5H3;/q-1;/b11-10+;/t14-;/m0./s1. The fraction of sp³-hybridized carbons (Fsp3) is 0.333. The molecule has 2 rings (SSSR count). The zero-order valence-electron chi connectivity index (χ0n) is 17.7. The van der Waals surface area contributed by atoms with Gasteiger partial charge in [0.05, 0.1) is 17.6 Å². The van der Waals surface area contributed by atoms with Crippen LogP contribution in [0.2, 0.25) is 0 Å². The number of nitrogens with zero attached hydrogens (tertiary/aromatic N) is 3. The van der Waals surface area contributed by atoms with Gasteiger partial charge in [0.1, 0.15) is 5.82 Å². The molecule has 0 saturated carbocycles. The van der Waals surface area contributed by atoms with E-state index in [1.807, 2.05) is 13.8 Å². The van der Waals surface area contributed by atoms with Gasteiger partial charge in [-0.15, -0.1) is 0 Å². The van der Waals surface area contributed by atoms with Gasteiger partial charge >= 0.3 is 0 Å². The molecule has 31 heavy (non-hydrogen) atoms. The predicted molar refractivity (Wildman–Crippen MR) is 115 cm³/mol. The Hall–Kier alpha value is -2.12. The molecule has 0 aliphatic heterocycles. The molecule has 1 heterocycles. The van der Waals surface area contributed by atoms with Crippen molar-refractivity contribution in [2.24, 2.45) is 0 Å². The summed E-state index contributed by atoms with van der Waals surface area (Å²) in [5, 5.41) is 9.31. The molecule has 1 aromatic carbocycles. The summed E-state index contributed by atoms with van der Waals surface area (Å²) >= 11 is 0. The molecule has 0 aliphatic rings. The Balaban J connectivity index is 0.00000480. The normalized spacial score (nSPS) is 12.6. The van der Waals surface area contributed by atoms with E-state index in [2.05, 4.69) is 16.9 Å². The molecule has 2 aromatic rings. The number of ketones is 1. The van der Waals surface area contributed by atoms with Crippen LogP contribution in [0.5, 0.6) is 0 Å². The summed E-state index contributed by atoms with van der Waals surface area (Å²) in [5.74, 6) is -0.930. The number of carbonyl (C=O) groups excluding carboxylic acids is 1. The third kappa shape index (κ3) is 7.21. The Morgan fingerprint density at radius 2 is 1.84 bits per heavy atom. The molecule has 0 aliphatic carbocycles. The van der Waals surface area contributed by atoms with Crippen molar-refractivity contribution in [3.8, 4) is 11.3 Å². The maximum atomic E-state index is 13.4. The van der Waals surface area contributed by atoms with Gasteiger partial charge in [0.2, 0.25) is 16.0 Å². The van der Waals surface area contributed by atoms with Crippen molar-refractivity contribution >= 4 is 27.8 Å². The second kappa shape index (κ2) is 11.0. The quantitative estimate of drug-likeness (QED) is 0.455. The van der Waals surface area contributed by atoms with Crippen molar-refractivity contribution < 1.29 is 40.1 Å².